The van der Waals surface area contributed by atoms with Crippen molar-refractivity contribution in [3.8, 4) is 5.75 Å². The Morgan fingerprint density at radius 2 is 1.93 bits per heavy atom. The molecule has 0 heterocycles. The molecule has 0 aliphatic carbocycles. The summed E-state index contributed by atoms with van der Waals surface area (Å²) >= 11 is 0. The minimum Gasteiger partial charge on any atom is -0.496 e. The molecule has 0 saturated carbocycles. The molecule has 2 aromatic rings. The van der Waals surface area contributed by atoms with Crippen LogP contribution in [0.1, 0.15) is 12.5 Å². The summed E-state index contributed by atoms with van der Waals surface area (Å²) in [5.41, 5.74) is 0.643. The van der Waals surface area contributed by atoms with Crippen LogP contribution in [0.25, 0.3) is 0 Å². The van der Waals surface area contributed by atoms with Crippen molar-refractivity contribution in [3.63, 3.8) is 0 Å². The highest BCUT2D eigenvalue weighted by Gasteiger charge is 2.23. The Morgan fingerprint density at radius 3 is 2.52 bits per heavy atom. The maximum absolute atomic E-state index is 12.5. The van der Waals surface area contributed by atoms with E-state index in [4.69, 9.17) is 4.74 Å². The van der Waals surface area contributed by atoms with Gasteiger partial charge in [0.1, 0.15) is 5.75 Å². The second kappa shape index (κ2) is 8.14. The molecule has 1 atom stereocenters. The summed E-state index contributed by atoms with van der Waals surface area (Å²) in [5, 5.41) is 13.2. The van der Waals surface area contributed by atoms with Gasteiger partial charge >= 0.3 is 0 Å². The molecule has 27 heavy (non-hydrogen) atoms. The number of nitrogens with one attached hydrogen (secondary N) is 2. The summed E-state index contributed by atoms with van der Waals surface area (Å²) in [5.74, 6) is -0.102. The number of methoxy groups -OCH3 is 1. The molecule has 0 bridgehead atoms. The molecule has 144 valence electrons. The van der Waals surface area contributed by atoms with Crippen LogP contribution in [-0.4, -0.2) is 32.4 Å². The van der Waals surface area contributed by atoms with Crippen molar-refractivity contribution in [2.24, 2.45) is 0 Å². The number of carbonyl (C=O) groups excluding carboxylic acids is 1. The number of rotatable bonds is 7. The summed E-state index contributed by atoms with van der Waals surface area (Å²) in [7, 11) is -2.46. The largest absolute Gasteiger partial charge is 0.496 e. The lowest BCUT2D eigenvalue weighted by atomic mass is 10.2. The van der Waals surface area contributed by atoms with E-state index < -0.39 is 26.9 Å². The lowest BCUT2D eigenvalue weighted by molar-refractivity contribution is -0.384. The summed E-state index contributed by atoms with van der Waals surface area (Å²) in [6.45, 7) is 3.08. The standard InChI is InChI=1S/C17H19N3O6S/c1-11-9-15(7-8-16(11)26-3)27(24,25)19-12(2)17(21)18-13-5-4-6-14(10-13)20(22)23/h4-10,12,19H,1-3H3,(H,18,21). The predicted octanol–water partition coefficient (Wildman–Crippen LogP) is 2.22. The third-order valence-corrected chi connectivity index (χ3v) is 5.26. The highest BCUT2D eigenvalue weighted by Crippen LogP contribution is 2.21. The zero-order valence-electron chi connectivity index (χ0n) is 14.9. The molecule has 0 aliphatic rings. The average Bonchev–Trinajstić information content (AvgIpc) is 2.61. The minimum absolute atomic E-state index is 0.00389. The van der Waals surface area contributed by atoms with Gasteiger partial charge in [-0.2, -0.15) is 4.72 Å². The Bertz CT molecular complexity index is 974. The molecule has 9 nitrogen and oxygen atoms in total. The van der Waals surface area contributed by atoms with Crippen LogP contribution < -0.4 is 14.8 Å². The third kappa shape index (κ3) is 5.02. The first-order valence-corrected chi connectivity index (χ1v) is 9.34. The lowest BCUT2D eigenvalue weighted by Crippen LogP contribution is -2.41. The van der Waals surface area contributed by atoms with Gasteiger partial charge in [-0.15, -0.1) is 0 Å². The van der Waals surface area contributed by atoms with E-state index >= 15 is 0 Å². The van der Waals surface area contributed by atoms with Crippen molar-refractivity contribution in [1.82, 2.24) is 4.72 Å². The molecule has 0 aliphatic heterocycles. The first-order valence-electron chi connectivity index (χ1n) is 7.86. The van der Waals surface area contributed by atoms with Crippen LogP contribution in [-0.2, 0) is 14.8 Å². The Labute approximate surface area is 156 Å². The number of benzene rings is 2. The molecule has 2 rings (SSSR count). The van der Waals surface area contributed by atoms with Crippen molar-refractivity contribution in [2.45, 2.75) is 24.8 Å². The number of sulfonamides is 1. The predicted molar refractivity (Wildman–Crippen MR) is 99.2 cm³/mol. The number of hydrogen-bond acceptors (Lipinski definition) is 6. The van der Waals surface area contributed by atoms with Crippen LogP contribution in [0.3, 0.4) is 0 Å². The van der Waals surface area contributed by atoms with Gasteiger partial charge in [0.15, 0.2) is 0 Å². The number of nitro groups is 1. The van der Waals surface area contributed by atoms with Crippen molar-refractivity contribution in [1.29, 1.82) is 0 Å². The molecule has 0 fully saturated rings. The van der Waals surface area contributed by atoms with Gasteiger partial charge in [0.2, 0.25) is 15.9 Å². The average molecular weight is 393 g/mol. The number of anilines is 1. The van der Waals surface area contributed by atoms with Crippen LogP contribution in [0.5, 0.6) is 5.75 Å². The molecule has 0 radical (unpaired) electrons. The fraction of sp³-hybridized carbons (Fsp3) is 0.235. The van der Waals surface area contributed by atoms with Crippen LogP contribution in [0.4, 0.5) is 11.4 Å². The number of hydrogen-bond donors (Lipinski definition) is 2. The third-order valence-electron chi connectivity index (χ3n) is 3.73. The Hall–Kier alpha value is -2.98. The number of aryl methyl sites for hydroxylation is 1. The molecule has 0 saturated heterocycles. The van der Waals surface area contributed by atoms with Gasteiger partial charge in [0, 0.05) is 17.8 Å². The van der Waals surface area contributed by atoms with Gasteiger partial charge in [-0.3, -0.25) is 14.9 Å². The van der Waals surface area contributed by atoms with E-state index in [1.165, 1.54) is 56.5 Å². The highest BCUT2D eigenvalue weighted by atomic mass is 32.2. The second-order valence-electron chi connectivity index (χ2n) is 5.77. The minimum atomic E-state index is -3.94. The maximum Gasteiger partial charge on any atom is 0.271 e. The number of nitrogens with zero attached hydrogens (tertiary/aromatic N) is 1. The summed E-state index contributed by atoms with van der Waals surface area (Å²) in [6.07, 6.45) is 0. The molecular weight excluding hydrogens is 374 g/mol. The molecule has 1 amide bonds. The van der Waals surface area contributed by atoms with Gasteiger partial charge in [0.05, 0.1) is 23.0 Å². The summed E-state index contributed by atoms with van der Waals surface area (Å²) in [4.78, 5) is 22.4. The second-order valence-corrected chi connectivity index (χ2v) is 7.49. The fourth-order valence-corrected chi connectivity index (χ4v) is 3.61. The lowest BCUT2D eigenvalue weighted by Gasteiger charge is -2.15. The van der Waals surface area contributed by atoms with Crippen molar-refractivity contribution < 1.29 is 22.9 Å². The normalized spacial score (nSPS) is 12.3. The van der Waals surface area contributed by atoms with Crippen molar-refractivity contribution in [3.05, 3.63) is 58.1 Å². The van der Waals surface area contributed by atoms with Crippen LogP contribution in [0.15, 0.2) is 47.4 Å². The summed E-state index contributed by atoms with van der Waals surface area (Å²) < 4.78 is 32.3. The molecule has 2 aromatic carbocycles. The maximum atomic E-state index is 12.5. The van der Waals surface area contributed by atoms with Crippen LogP contribution >= 0.6 is 0 Å². The molecule has 2 N–H and O–H groups in total. The monoisotopic (exact) mass is 393 g/mol. The van der Waals surface area contributed by atoms with E-state index in [0.717, 1.165) is 0 Å². The molecule has 10 heteroatoms. The number of ether oxygens (including phenoxy) is 1. The van der Waals surface area contributed by atoms with E-state index in [0.29, 0.717) is 11.3 Å². The molecular formula is C17H19N3O6S. The van der Waals surface area contributed by atoms with E-state index in [1.807, 2.05) is 0 Å². The van der Waals surface area contributed by atoms with Crippen LogP contribution in [0, 0.1) is 17.0 Å². The highest BCUT2D eigenvalue weighted by molar-refractivity contribution is 7.89. The Balaban J connectivity index is 2.12. The summed E-state index contributed by atoms with van der Waals surface area (Å²) in [6, 6.07) is 8.60. The van der Waals surface area contributed by atoms with Crippen molar-refractivity contribution >= 4 is 27.3 Å². The van der Waals surface area contributed by atoms with E-state index in [9.17, 15) is 23.3 Å². The smallest absolute Gasteiger partial charge is 0.271 e. The molecule has 1 unspecified atom stereocenters. The SMILES string of the molecule is COc1ccc(S(=O)(=O)NC(C)C(=O)Nc2cccc([N+](=O)[O-])c2)cc1C. The van der Waals surface area contributed by atoms with Gasteiger partial charge in [-0.05, 0) is 43.7 Å². The van der Waals surface area contributed by atoms with E-state index in [-0.39, 0.29) is 16.3 Å². The van der Waals surface area contributed by atoms with Gasteiger partial charge < -0.3 is 10.1 Å². The fourth-order valence-electron chi connectivity index (χ4n) is 2.32. The zero-order valence-corrected chi connectivity index (χ0v) is 15.7. The first kappa shape index (κ1) is 20.3. The van der Waals surface area contributed by atoms with Gasteiger partial charge in [0.25, 0.3) is 5.69 Å². The Kier molecular flexibility index (Phi) is 6.13. The van der Waals surface area contributed by atoms with Gasteiger partial charge in [-0.25, -0.2) is 8.42 Å². The Morgan fingerprint density at radius 1 is 1.22 bits per heavy atom. The number of carbonyl (C=O) groups is 1. The van der Waals surface area contributed by atoms with E-state index in [2.05, 4.69) is 10.0 Å². The van der Waals surface area contributed by atoms with E-state index in [1.54, 1.807) is 6.92 Å². The molecule has 0 spiro atoms. The zero-order chi connectivity index (χ0) is 20.2. The number of nitro benzene ring substituents is 1. The quantitative estimate of drug-likeness (QED) is 0.548. The number of amides is 1. The first-order chi connectivity index (χ1) is 12.6. The topological polar surface area (TPSA) is 128 Å². The van der Waals surface area contributed by atoms with Crippen molar-refractivity contribution in [2.75, 3.05) is 12.4 Å². The molecule has 0 aromatic heterocycles. The van der Waals surface area contributed by atoms with Gasteiger partial charge in [-0.1, -0.05) is 6.07 Å². The number of non-ortho nitro benzene ring substituents is 1. The van der Waals surface area contributed by atoms with Crippen LogP contribution in [0.2, 0.25) is 0 Å².